The molecule has 0 radical (unpaired) electrons. The second-order valence-corrected chi connectivity index (χ2v) is 7.25. The largest absolute Gasteiger partial charge is 0.459 e. The summed E-state index contributed by atoms with van der Waals surface area (Å²) in [5, 5.41) is 4.24. The highest BCUT2D eigenvalue weighted by Gasteiger charge is 2.25. The van der Waals surface area contributed by atoms with E-state index in [1.807, 2.05) is 13.1 Å². The van der Waals surface area contributed by atoms with Crippen molar-refractivity contribution in [3.05, 3.63) is 59.9 Å². The lowest BCUT2D eigenvalue weighted by molar-refractivity contribution is 0.0657. The SMILES string of the molecule is CCNC(=NCCc1c[nH]c2ccc(F)cc12)N1CCN(C(=O)c2ccco2)CC1.I. The van der Waals surface area contributed by atoms with Gasteiger partial charge in [0.1, 0.15) is 5.82 Å². The first-order valence-electron chi connectivity index (χ1n) is 10.3. The van der Waals surface area contributed by atoms with Gasteiger partial charge in [-0.25, -0.2) is 4.39 Å². The van der Waals surface area contributed by atoms with Gasteiger partial charge in [-0.2, -0.15) is 0 Å². The monoisotopic (exact) mass is 539 g/mol. The Morgan fingerprint density at radius 2 is 2.00 bits per heavy atom. The number of aromatic nitrogens is 1. The van der Waals surface area contributed by atoms with Crippen molar-refractivity contribution in [1.82, 2.24) is 20.1 Å². The number of furan rings is 1. The molecule has 166 valence electrons. The van der Waals surface area contributed by atoms with E-state index in [4.69, 9.17) is 9.41 Å². The highest BCUT2D eigenvalue weighted by atomic mass is 127. The number of aliphatic imine (C=N–C) groups is 1. The summed E-state index contributed by atoms with van der Waals surface area (Å²) in [5.74, 6) is 0.906. The molecule has 3 aromatic rings. The predicted molar refractivity (Wildman–Crippen MR) is 130 cm³/mol. The second kappa shape index (κ2) is 10.7. The normalized spacial score (nSPS) is 14.6. The molecule has 1 aliphatic heterocycles. The first kappa shape index (κ1) is 23.1. The minimum Gasteiger partial charge on any atom is -0.459 e. The van der Waals surface area contributed by atoms with Crippen LogP contribution in [-0.4, -0.2) is 65.9 Å². The summed E-state index contributed by atoms with van der Waals surface area (Å²) in [7, 11) is 0. The van der Waals surface area contributed by atoms with Crippen LogP contribution in [0.25, 0.3) is 10.9 Å². The molecular formula is C22H27FIN5O2. The quantitative estimate of drug-likeness (QED) is 0.296. The lowest BCUT2D eigenvalue weighted by atomic mass is 10.1. The molecule has 0 aliphatic carbocycles. The molecule has 31 heavy (non-hydrogen) atoms. The zero-order chi connectivity index (χ0) is 20.9. The Hall–Kier alpha value is -2.56. The Bertz CT molecular complexity index is 1030. The van der Waals surface area contributed by atoms with Crippen molar-refractivity contribution in [1.29, 1.82) is 0 Å². The van der Waals surface area contributed by atoms with Crippen molar-refractivity contribution in [2.24, 2.45) is 4.99 Å². The summed E-state index contributed by atoms with van der Waals surface area (Å²) in [6, 6.07) is 8.19. The van der Waals surface area contributed by atoms with Gasteiger partial charge in [-0.3, -0.25) is 9.79 Å². The van der Waals surface area contributed by atoms with Gasteiger partial charge >= 0.3 is 0 Å². The summed E-state index contributed by atoms with van der Waals surface area (Å²) in [6.07, 6.45) is 4.16. The molecule has 0 saturated carbocycles. The van der Waals surface area contributed by atoms with E-state index in [-0.39, 0.29) is 35.7 Å². The molecule has 1 amide bonds. The van der Waals surface area contributed by atoms with Crippen LogP contribution >= 0.6 is 24.0 Å². The zero-order valence-electron chi connectivity index (χ0n) is 17.4. The third-order valence-electron chi connectivity index (χ3n) is 5.31. The van der Waals surface area contributed by atoms with E-state index in [1.54, 1.807) is 29.2 Å². The van der Waals surface area contributed by atoms with Crippen LogP contribution in [0, 0.1) is 5.82 Å². The molecule has 3 heterocycles. The van der Waals surface area contributed by atoms with Crippen molar-refractivity contribution in [3.8, 4) is 0 Å². The number of aromatic amines is 1. The number of amides is 1. The van der Waals surface area contributed by atoms with Gasteiger partial charge in [0.2, 0.25) is 0 Å². The number of hydrogen-bond donors (Lipinski definition) is 2. The summed E-state index contributed by atoms with van der Waals surface area (Å²) >= 11 is 0. The minimum atomic E-state index is -0.234. The summed E-state index contributed by atoms with van der Waals surface area (Å²) in [4.78, 5) is 24.4. The van der Waals surface area contributed by atoms with Gasteiger partial charge in [0, 0.05) is 56.4 Å². The fraction of sp³-hybridized carbons (Fsp3) is 0.364. The van der Waals surface area contributed by atoms with Gasteiger partial charge in [0.05, 0.1) is 6.26 Å². The van der Waals surface area contributed by atoms with Crippen LogP contribution in [0.3, 0.4) is 0 Å². The first-order chi connectivity index (χ1) is 14.7. The van der Waals surface area contributed by atoms with Crippen LogP contribution in [0.5, 0.6) is 0 Å². The standard InChI is InChI=1S/C22H26FN5O2.HI/c1-2-24-22(25-8-7-16-15-26-19-6-5-17(23)14-18(16)19)28-11-9-27(10-12-28)21(29)20-4-3-13-30-20;/h3-6,13-15,26H,2,7-12H2,1H3,(H,24,25);1H. The minimum absolute atomic E-state index is 0. The highest BCUT2D eigenvalue weighted by molar-refractivity contribution is 14.0. The van der Waals surface area contributed by atoms with Crippen molar-refractivity contribution in [3.63, 3.8) is 0 Å². The smallest absolute Gasteiger partial charge is 0.289 e. The Morgan fingerprint density at radius 1 is 1.23 bits per heavy atom. The molecule has 1 saturated heterocycles. The van der Waals surface area contributed by atoms with E-state index in [2.05, 4.69) is 15.2 Å². The molecule has 0 unspecified atom stereocenters. The zero-order valence-corrected chi connectivity index (χ0v) is 19.8. The Morgan fingerprint density at radius 3 is 2.71 bits per heavy atom. The Balaban J connectivity index is 0.00000272. The number of carbonyl (C=O) groups is 1. The Labute approximate surface area is 197 Å². The molecule has 0 spiro atoms. The number of halogens is 2. The van der Waals surface area contributed by atoms with Gasteiger partial charge in [-0.05, 0) is 49.2 Å². The van der Waals surface area contributed by atoms with Crippen LogP contribution in [0.1, 0.15) is 23.0 Å². The maximum Gasteiger partial charge on any atom is 0.289 e. The van der Waals surface area contributed by atoms with Crippen molar-refractivity contribution < 1.29 is 13.6 Å². The number of nitrogens with one attached hydrogen (secondary N) is 2. The van der Waals surface area contributed by atoms with Gasteiger partial charge in [0.15, 0.2) is 11.7 Å². The average Bonchev–Trinajstić information content (AvgIpc) is 3.43. The molecule has 1 fully saturated rings. The molecule has 2 aromatic heterocycles. The summed E-state index contributed by atoms with van der Waals surface area (Å²) in [6.45, 7) is 6.04. The fourth-order valence-corrected chi connectivity index (χ4v) is 3.74. The number of rotatable bonds is 5. The number of fused-ring (bicyclic) bond motifs is 1. The van der Waals surface area contributed by atoms with Gasteiger partial charge in [-0.1, -0.05) is 0 Å². The van der Waals surface area contributed by atoms with Crippen LogP contribution in [0.2, 0.25) is 0 Å². The maximum absolute atomic E-state index is 13.6. The fourth-order valence-electron chi connectivity index (χ4n) is 3.74. The molecule has 9 heteroatoms. The molecule has 1 aliphatic rings. The maximum atomic E-state index is 13.6. The molecule has 1 aromatic carbocycles. The molecule has 2 N–H and O–H groups in total. The molecule has 7 nitrogen and oxygen atoms in total. The van der Waals surface area contributed by atoms with E-state index in [0.717, 1.165) is 35.4 Å². The number of guanidine groups is 1. The first-order valence-corrected chi connectivity index (χ1v) is 10.3. The van der Waals surface area contributed by atoms with Gasteiger partial charge in [-0.15, -0.1) is 24.0 Å². The van der Waals surface area contributed by atoms with Crippen molar-refractivity contribution in [2.75, 3.05) is 39.3 Å². The van der Waals surface area contributed by atoms with Crippen LogP contribution in [0.4, 0.5) is 4.39 Å². The molecule has 0 atom stereocenters. The highest BCUT2D eigenvalue weighted by Crippen LogP contribution is 2.20. The average molecular weight is 539 g/mol. The van der Waals surface area contributed by atoms with Crippen molar-refractivity contribution >= 4 is 46.7 Å². The lowest BCUT2D eigenvalue weighted by Crippen LogP contribution is -2.53. The van der Waals surface area contributed by atoms with Crippen LogP contribution < -0.4 is 5.32 Å². The third-order valence-corrected chi connectivity index (χ3v) is 5.31. The topological polar surface area (TPSA) is 76.9 Å². The van der Waals surface area contributed by atoms with Gasteiger partial charge < -0.3 is 24.5 Å². The Kier molecular flexibility index (Phi) is 7.94. The van der Waals surface area contributed by atoms with E-state index in [0.29, 0.717) is 38.5 Å². The van der Waals surface area contributed by atoms with E-state index in [1.165, 1.54) is 12.3 Å². The van der Waals surface area contributed by atoms with E-state index >= 15 is 0 Å². The molecular weight excluding hydrogens is 512 g/mol. The third kappa shape index (κ3) is 5.38. The van der Waals surface area contributed by atoms with Crippen LogP contribution in [0.15, 0.2) is 52.2 Å². The number of hydrogen-bond acceptors (Lipinski definition) is 3. The van der Waals surface area contributed by atoms with Crippen LogP contribution in [-0.2, 0) is 6.42 Å². The van der Waals surface area contributed by atoms with E-state index in [9.17, 15) is 9.18 Å². The summed E-state index contributed by atoms with van der Waals surface area (Å²) < 4.78 is 18.8. The number of nitrogens with zero attached hydrogens (tertiary/aromatic N) is 3. The van der Waals surface area contributed by atoms with E-state index < -0.39 is 0 Å². The van der Waals surface area contributed by atoms with Crippen molar-refractivity contribution in [2.45, 2.75) is 13.3 Å². The number of piperazine rings is 1. The lowest BCUT2D eigenvalue weighted by Gasteiger charge is -2.36. The molecule has 4 rings (SSSR count). The number of carbonyl (C=O) groups excluding carboxylic acids is 1. The number of benzene rings is 1. The number of H-pyrrole nitrogens is 1. The second-order valence-electron chi connectivity index (χ2n) is 7.25. The summed E-state index contributed by atoms with van der Waals surface area (Å²) in [5.41, 5.74) is 1.98. The van der Waals surface area contributed by atoms with Gasteiger partial charge in [0.25, 0.3) is 5.91 Å². The predicted octanol–water partition coefficient (Wildman–Crippen LogP) is 3.48. The molecule has 0 bridgehead atoms.